The van der Waals surface area contributed by atoms with Gasteiger partial charge >= 0.3 is 5.97 Å². The van der Waals surface area contributed by atoms with E-state index in [1.54, 1.807) is 0 Å². The van der Waals surface area contributed by atoms with E-state index in [9.17, 15) is 9.59 Å². The number of rotatable bonds is 5. The van der Waals surface area contributed by atoms with E-state index in [1.165, 1.54) is 13.5 Å². The summed E-state index contributed by atoms with van der Waals surface area (Å²) in [6.07, 6.45) is 5.62. The smallest absolute Gasteiger partial charge is 0.328 e. The van der Waals surface area contributed by atoms with Crippen LogP contribution in [0.4, 0.5) is 0 Å². The molecular weight excluding hydrogens is 232 g/mol. The fraction of sp³-hybridized carbons (Fsp3) is 0.769. The van der Waals surface area contributed by atoms with Gasteiger partial charge in [-0.05, 0) is 19.3 Å². The molecule has 1 rings (SSSR count). The third kappa shape index (κ3) is 4.36. The monoisotopic (exact) mass is 252 g/mol. The molecule has 0 unspecified atom stereocenters. The number of hydrogen-bond donors (Lipinski definition) is 1. The molecule has 1 atom stereocenters. The number of ether oxygens (including phenoxy) is 1. The van der Waals surface area contributed by atoms with Gasteiger partial charge in [0.25, 0.3) is 0 Å². The van der Waals surface area contributed by atoms with Crippen LogP contribution in [-0.2, 0) is 14.3 Å². The second-order valence-corrected chi connectivity index (χ2v) is 4.62. The summed E-state index contributed by atoms with van der Waals surface area (Å²) in [5.74, 6) is -0.551. The van der Waals surface area contributed by atoms with Gasteiger partial charge in [0.1, 0.15) is 6.04 Å². The normalized spacial score (nSPS) is 17.6. The van der Waals surface area contributed by atoms with Crippen LogP contribution in [-0.4, -0.2) is 25.0 Å². The van der Waals surface area contributed by atoms with Crippen LogP contribution in [0, 0.1) is 17.2 Å². The van der Waals surface area contributed by atoms with Gasteiger partial charge in [0.05, 0.1) is 13.2 Å². The molecule has 100 valence electrons. The quantitative estimate of drug-likeness (QED) is 0.752. The second-order valence-electron chi connectivity index (χ2n) is 4.62. The van der Waals surface area contributed by atoms with Crippen molar-refractivity contribution in [2.24, 2.45) is 5.92 Å². The van der Waals surface area contributed by atoms with Gasteiger partial charge in [0, 0.05) is 12.3 Å². The third-order valence-electron chi connectivity index (χ3n) is 3.32. The number of carbonyl (C=O) groups excluding carboxylic acids is 2. The van der Waals surface area contributed by atoms with Crippen LogP contribution in [0.15, 0.2) is 0 Å². The molecule has 0 heterocycles. The Hall–Kier alpha value is -1.57. The van der Waals surface area contributed by atoms with Crippen LogP contribution in [0.3, 0.4) is 0 Å². The zero-order valence-electron chi connectivity index (χ0n) is 10.8. The van der Waals surface area contributed by atoms with Crippen LogP contribution in [0.5, 0.6) is 0 Å². The van der Waals surface area contributed by atoms with Gasteiger partial charge in [-0.2, -0.15) is 5.26 Å². The first kappa shape index (κ1) is 14.5. The van der Waals surface area contributed by atoms with E-state index in [1.807, 2.05) is 6.07 Å². The van der Waals surface area contributed by atoms with Crippen molar-refractivity contribution in [1.82, 2.24) is 5.32 Å². The third-order valence-corrected chi connectivity index (χ3v) is 3.32. The summed E-state index contributed by atoms with van der Waals surface area (Å²) >= 11 is 0. The van der Waals surface area contributed by atoms with E-state index >= 15 is 0 Å². The molecule has 1 N–H and O–H groups in total. The number of amides is 1. The first-order chi connectivity index (χ1) is 8.69. The van der Waals surface area contributed by atoms with Gasteiger partial charge in [-0.15, -0.1) is 0 Å². The van der Waals surface area contributed by atoms with Crippen LogP contribution >= 0.6 is 0 Å². The standard InChI is InChI=1S/C13H20N2O3/c1-18-13(17)11(8-5-9-14)15-12(16)10-6-3-2-4-7-10/h10-11H,2-8H2,1H3,(H,15,16)/t11-/m0/s1. The SMILES string of the molecule is COC(=O)[C@H](CCC#N)NC(=O)C1CCCCC1. The van der Waals surface area contributed by atoms with E-state index in [4.69, 9.17) is 5.26 Å². The van der Waals surface area contributed by atoms with Crippen LogP contribution in [0.25, 0.3) is 0 Å². The summed E-state index contributed by atoms with van der Waals surface area (Å²) in [7, 11) is 1.29. The minimum absolute atomic E-state index is 0.00740. The predicted octanol–water partition coefficient (Wildman–Crippen LogP) is 1.53. The van der Waals surface area contributed by atoms with Crippen molar-refractivity contribution in [3.05, 3.63) is 0 Å². The number of methoxy groups -OCH3 is 1. The largest absolute Gasteiger partial charge is 0.467 e. The molecule has 0 aromatic rings. The first-order valence-electron chi connectivity index (χ1n) is 6.44. The predicted molar refractivity (Wildman–Crippen MR) is 65.4 cm³/mol. The number of nitriles is 1. The highest BCUT2D eigenvalue weighted by Gasteiger charge is 2.26. The molecule has 0 aliphatic heterocycles. The molecule has 0 radical (unpaired) electrons. The van der Waals surface area contributed by atoms with Crippen molar-refractivity contribution >= 4 is 11.9 Å². The Labute approximate surface area is 107 Å². The number of nitrogens with zero attached hydrogens (tertiary/aromatic N) is 1. The molecule has 5 nitrogen and oxygen atoms in total. The Morgan fingerprint density at radius 1 is 1.39 bits per heavy atom. The van der Waals surface area contributed by atoms with E-state index in [0.29, 0.717) is 6.42 Å². The van der Waals surface area contributed by atoms with E-state index < -0.39 is 12.0 Å². The van der Waals surface area contributed by atoms with Crippen LogP contribution in [0.1, 0.15) is 44.9 Å². The van der Waals surface area contributed by atoms with Gasteiger partial charge in [-0.1, -0.05) is 19.3 Å². The van der Waals surface area contributed by atoms with Gasteiger partial charge in [-0.25, -0.2) is 4.79 Å². The van der Waals surface area contributed by atoms with Crippen LogP contribution in [0.2, 0.25) is 0 Å². The van der Waals surface area contributed by atoms with Crippen molar-refractivity contribution in [1.29, 1.82) is 5.26 Å². The number of nitrogens with one attached hydrogen (secondary N) is 1. The second kappa shape index (κ2) is 7.70. The highest BCUT2D eigenvalue weighted by molar-refractivity contribution is 5.85. The Balaban J connectivity index is 2.50. The van der Waals surface area contributed by atoms with Gasteiger partial charge < -0.3 is 10.1 Å². The van der Waals surface area contributed by atoms with Gasteiger partial charge in [0.2, 0.25) is 5.91 Å². The van der Waals surface area contributed by atoms with Crippen molar-refractivity contribution < 1.29 is 14.3 Å². The molecule has 0 aromatic carbocycles. The van der Waals surface area contributed by atoms with E-state index in [2.05, 4.69) is 10.1 Å². The molecule has 0 spiro atoms. The lowest BCUT2D eigenvalue weighted by Gasteiger charge is -2.23. The zero-order chi connectivity index (χ0) is 13.4. The van der Waals surface area contributed by atoms with Crippen molar-refractivity contribution in [2.45, 2.75) is 51.0 Å². The molecule has 18 heavy (non-hydrogen) atoms. The Kier molecular flexibility index (Phi) is 6.20. The van der Waals surface area contributed by atoms with Gasteiger partial charge in [0.15, 0.2) is 0 Å². The Bertz CT molecular complexity index is 330. The maximum atomic E-state index is 12.0. The minimum atomic E-state index is -0.691. The average molecular weight is 252 g/mol. The molecule has 1 amide bonds. The molecule has 1 aliphatic rings. The lowest BCUT2D eigenvalue weighted by molar-refractivity contribution is -0.145. The van der Waals surface area contributed by atoms with Gasteiger partial charge in [-0.3, -0.25) is 4.79 Å². The molecule has 1 saturated carbocycles. The average Bonchev–Trinajstić information content (AvgIpc) is 2.43. The Morgan fingerprint density at radius 3 is 2.61 bits per heavy atom. The number of carbonyl (C=O) groups is 2. The molecule has 0 bridgehead atoms. The van der Waals surface area contributed by atoms with Crippen molar-refractivity contribution in [3.8, 4) is 6.07 Å². The lowest BCUT2D eigenvalue weighted by Crippen LogP contribution is -2.44. The minimum Gasteiger partial charge on any atom is -0.467 e. The van der Waals surface area contributed by atoms with Crippen molar-refractivity contribution in [2.75, 3.05) is 7.11 Å². The maximum Gasteiger partial charge on any atom is 0.328 e. The molecule has 5 heteroatoms. The summed E-state index contributed by atoms with van der Waals surface area (Å²) < 4.78 is 4.63. The molecule has 0 saturated heterocycles. The first-order valence-corrected chi connectivity index (χ1v) is 6.44. The Morgan fingerprint density at radius 2 is 2.06 bits per heavy atom. The highest BCUT2D eigenvalue weighted by Crippen LogP contribution is 2.23. The summed E-state index contributed by atoms with van der Waals surface area (Å²) in [6, 6.07) is 1.28. The van der Waals surface area contributed by atoms with E-state index in [0.717, 1.165) is 25.7 Å². The number of hydrogen-bond acceptors (Lipinski definition) is 4. The number of esters is 1. The fourth-order valence-corrected chi connectivity index (χ4v) is 2.25. The molecular formula is C13H20N2O3. The van der Waals surface area contributed by atoms with E-state index in [-0.39, 0.29) is 18.2 Å². The topological polar surface area (TPSA) is 79.2 Å². The summed E-state index contributed by atoms with van der Waals surface area (Å²) in [6.45, 7) is 0. The van der Waals surface area contributed by atoms with Crippen LogP contribution < -0.4 is 5.32 Å². The highest BCUT2D eigenvalue weighted by atomic mass is 16.5. The lowest BCUT2D eigenvalue weighted by atomic mass is 9.88. The summed E-state index contributed by atoms with van der Waals surface area (Å²) in [5, 5.41) is 11.2. The maximum absolute atomic E-state index is 12.0. The zero-order valence-corrected chi connectivity index (χ0v) is 10.8. The fourth-order valence-electron chi connectivity index (χ4n) is 2.25. The summed E-state index contributed by atoms with van der Waals surface area (Å²) in [4.78, 5) is 23.5. The summed E-state index contributed by atoms with van der Waals surface area (Å²) in [5.41, 5.74) is 0. The molecule has 1 aliphatic carbocycles. The molecule has 1 fully saturated rings. The van der Waals surface area contributed by atoms with Crippen molar-refractivity contribution in [3.63, 3.8) is 0 Å². The molecule has 0 aromatic heterocycles.